The first-order valence-electron chi connectivity index (χ1n) is 9.44. The van der Waals surface area contributed by atoms with E-state index in [0.29, 0.717) is 24.0 Å². The number of hydrogen-bond acceptors (Lipinski definition) is 5. The summed E-state index contributed by atoms with van der Waals surface area (Å²) >= 11 is 0. The molecule has 0 aromatic heterocycles. The Balaban J connectivity index is 2.00. The van der Waals surface area contributed by atoms with Gasteiger partial charge in [0.2, 0.25) is 10.0 Å². The molecule has 1 amide bonds. The molecule has 0 saturated heterocycles. The second kappa shape index (κ2) is 10.6. The van der Waals surface area contributed by atoms with E-state index in [-0.39, 0.29) is 6.54 Å². The minimum Gasteiger partial charge on any atom is -0.490 e. The molecular formula is C22H27N3O4S. The predicted octanol–water partition coefficient (Wildman–Crippen LogP) is 3.29. The molecule has 0 spiro atoms. The monoisotopic (exact) mass is 429 g/mol. The van der Waals surface area contributed by atoms with Gasteiger partial charge in [0.15, 0.2) is 0 Å². The molecule has 7 nitrogen and oxygen atoms in total. The van der Waals surface area contributed by atoms with Gasteiger partial charge in [-0.1, -0.05) is 38.6 Å². The van der Waals surface area contributed by atoms with Crippen molar-refractivity contribution in [2.24, 2.45) is 5.10 Å². The van der Waals surface area contributed by atoms with E-state index < -0.39 is 15.9 Å². The van der Waals surface area contributed by atoms with Gasteiger partial charge in [0.05, 0.1) is 18.2 Å². The predicted molar refractivity (Wildman–Crippen MR) is 121 cm³/mol. The van der Waals surface area contributed by atoms with Gasteiger partial charge in [-0.25, -0.2) is 13.8 Å². The molecule has 0 heterocycles. The molecule has 0 aliphatic heterocycles. The topological polar surface area (TPSA) is 88.1 Å². The Hall–Kier alpha value is -3.13. The van der Waals surface area contributed by atoms with Gasteiger partial charge < -0.3 is 4.74 Å². The normalized spacial score (nSPS) is 11.5. The van der Waals surface area contributed by atoms with E-state index in [1.807, 2.05) is 12.1 Å². The van der Waals surface area contributed by atoms with Gasteiger partial charge in [0.25, 0.3) is 5.91 Å². The maximum atomic E-state index is 12.3. The number of amides is 1. The first-order valence-corrected chi connectivity index (χ1v) is 11.3. The molecule has 2 aromatic rings. The van der Waals surface area contributed by atoms with E-state index in [0.717, 1.165) is 21.7 Å². The third-order valence-corrected chi connectivity index (χ3v) is 5.33. The van der Waals surface area contributed by atoms with Crippen LogP contribution in [0.3, 0.4) is 0 Å². The van der Waals surface area contributed by atoms with Crippen molar-refractivity contribution < 1.29 is 17.9 Å². The SMILES string of the molecule is C=CCOc1ccc(/C=N\NC(=O)CN(c2ccc(C(C)C)cc2)S(C)(=O)=O)cc1. The van der Waals surface area contributed by atoms with Crippen molar-refractivity contribution in [2.45, 2.75) is 19.8 Å². The minimum atomic E-state index is -3.64. The highest BCUT2D eigenvalue weighted by atomic mass is 32.2. The van der Waals surface area contributed by atoms with Crippen LogP contribution in [0.15, 0.2) is 66.3 Å². The Kier molecular flexibility index (Phi) is 8.17. The number of carbonyl (C=O) groups is 1. The number of sulfonamides is 1. The van der Waals surface area contributed by atoms with Crippen molar-refractivity contribution in [1.29, 1.82) is 0 Å². The standard InChI is InChI=1S/C22H27N3O4S/c1-5-14-29-21-12-6-18(7-13-21)15-23-24-22(26)16-25(30(4,27)28)20-10-8-19(9-11-20)17(2)3/h5-13,15,17H,1,14,16H2,2-4H3,(H,24,26)/b23-15-. The highest BCUT2D eigenvalue weighted by molar-refractivity contribution is 7.92. The molecule has 0 fully saturated rings. The van der Waals surface area contributed by atoms with Crippen LogP contribution in [0.2, 0.25) is 0 Å². The van der Waals surface area contributed by atoms with Gasteiger partial charge in [0, 0.05) is 0 Å². The Morgan fingerprint density at radius 1 is 1.17 bits per heavy atom. The van der Waals surface area contributed by atoms with E-state index in [1.54, 1.807) is 42.5 Å². The van der Waals surface area contributed by atoms with Gasteiger partial charge in [-0.2, -0.15) is 5.10 Å². The molecule has 1 N–H and O–H groups in total. The third kappa shape index (κ3) is 7.04. The zero-order valence-electron chi connectivity index (χ0n) is 17.4. The molecule has 2 aromatic carbocycles. The summed E-state index contributed by atoms with van der Waals surface area (Å²) in [5.41, 5.74) is 4.63. The lowest BCUT2D eigenvalue weighted by molar-refractivity contribution is -0.119. The molecule has 0 saturated carbocycles. The van der Waals surface area contributed by atoms with Crippen molar-refractivity contribution >= 4 is 27.8 Å². The van der Waals surface area contributed by atoms with E-state index in [9.17, 15) is 13.2 Å². The smallest absolute Gasteiger partial charge is 0.260 e. The van der Waals surface area contributed by atoms with Crippen molar-refractivity contribution in [3.8, 4) is 5.75 Å². The molecule has 0 bridgehead atoms. The molecule has 0 aliphatic rings. The molecule has 0 unspecified atom stereocenters. The fourth-order valence-corrected chi connectivity index (χ4v) is 3.43. The lowest BCUT2D eigenvalue weighted by Gasteiger charge is -2.21. The van der Waals surface area contributed by atoms with E-state index in [2.05, 4.69) is 31.0 Å². The zero-order chi connectivity index (χ0) is 22.1. The summed E-state index contributed by atoms with van der Waals surface area (Å²) in [5, 5.41) is 3.90. The Bertz CT molecular complexity index is 982. The zero-order valence-corrected chi connectivity index (χ0v) is 18.2. The Labute approximate surface area is 178 Å². The molecular weight excluding hydrogens is 402 g/mol. The van der Waals surface area contributed by atoms with Crippen LogP contribution in [-0.4, -0.2) is 39.9 Å². The van der Waals surface area contributed by atoms with Crippen LogP contribution in [0.25, 0.3) is 0 Å². The number of benzene rings is 2. The molecule has 160 valence electrons. The van der Waals surface area contributed by atoms with Crippen LogP contribution in [0.4, 0.5) is 5.69 Å². The fraction of sp³-hybridized carbons (Fsp3) is 0.273. The number of rotatable bonds is 10. The second-order valence-corrected chi connectivity index (χ2v) is 8.88. The van der Waals surface area contributed by atoms with Crippen LogP contribution in [0.5, 0.6) is 5.75 Å². The van der Waals surface area contributed by atoms with Gasteiger partial charge in [-0.15, -0.1) is 0 Å². The quantitative estimate of drug-likeness (QED) is 0.357. The maximum absolute atomic E-state index is 12.3. The second-order valence-electron chi connectivity index (χ2n) is 6.98. The Morgan fingerprint density at radius 3 is 2.33 bits per heavy atom. The number of hydrogen-bond donors (Lipinski definition) is 1. The first-order chi connectivity index (χ1) is 14.2. The summed E-state index contributed by atoms with van der Waals surface area (Å²) in [6.45, 7) is 7.74. The summed E-state index contributed by atoms with van der Waals surface area (Å²) in [6, 6.07) is 14.2. The van der Waals surface area contributed by atoms with Crippen molar-refractivity contribution in [3.63, 3.8) is 0 Å². The van der Waals surface area contributed by atoms with Crippen molar-refractivity contribution in [2.75, 3.05) is 23.7 Å². The van der Waals surface area contributed by atoms with E-state index in [4.69, 9.17) is 4.74 Å². The lowest BCUT2D eigenvalue weighted by Crippen LogP contribution is -2.39. The third-order valence-electron chi connectivity index (χ3n) is 4.19. The molecule has 30 heavy (non-hydrogen) atoms. The summed E-state index contributed by atoms with van der Waals surface area (Å²) in [4.78, 5) is 12.3. The molecule has 0 aliphatic carbocycles. The van der Waals surface area contributed by atoms with E-state index >= 15 is 0 Å². The number of nitrogens with zero attached hydrogens (tertiary/aromatic N) is 2. The number of hydrazone groups is 1. The summed E-state index contributed by atoms with van der Waals surface area (Å²) in [5.74, 6) is 0.477. The first kappa shape index (κ1) is 23.2. The minimum absolute atomic E-state index is 0.325. The van der Waals surface area contributed by atoms with Gasteiger partial charge >= 0.3 is 0 Å². The molecule has 8 heteroatoms. The highest BCUT2D eigenvalue weighted by Crippen LogP contribution is 2.21. The largest absolute Gasteiger partial charge is 0.490 e. The van der Waals surface area contributed by atoms with Gasteiger partial charge in [-0.3, -0.25) is 9.10 Å². The number of carbonyl (C=O) groups excluding carboxylic acids is 1. The van der Waals surface area contributed by atoms with Crippen molar-refractivity contribution in [3.05, 3.63) is 72.3 Å². The van der Waals surface area contributed by atoms with Crippen LogP contribution in [0.1, 0.15) is 30.9 Å². The summed E-state index contributed by atoms with van der Waals surface area (Å²) in [6.07, 6.45) is 4.19. The van der Waals surface area contributed by atoms with Crippen LogP contribution in [0, 0.1) is 0 Å². The summed E-state index contributed by atoms with van der Waals surface area (Å²) in [7, 11) is -3.64. The van der Waals surface area contributed by atoms with E-state index in [1.165, 1.54) is 6.21 Å². The average Bonchev–Trinajstić information content (AvgIpc) is 2.70. The van der Waals surface area contributed by atoms with Gasteiger partial charge in [-0.05, 0) is 53.4 Å². The number of anilines is 1. The summed E-state index contributed by atoms with van der Waals surface area (Å²) < 4.78 is 30.8. The fourth-order valence-electron chi connectivity index (χ4n) is 2.58. The molecule has 0 atom stereocenters. The van der Waals surface area contributed by atoms with Crippen LogP contribution in [-0.2, 0) is 14.8 Å². The number of nitrogens with one attached hydrogen (secondary N) is 1. The molecule has 2 rings (SSSR count). The number of ether oxygens (including phenoxy) is 1. The van der Waals surface area contributed by atoms with Gasteiger partial charge in [0.1, 0.15) is 18.9 Å². The average molecular weight is 430 g/mol. The molecule has 0 radical (unpaired) electrons. The highest BCUT2D eigenvalue weighted by Gasteiger charge is 2.20. The van der Waals surface area contributed by atoms with Crippen molar-refractivity contribution in [1.82, 2.24) is 5.43 Å². The maximum Gasteiger partial charge on any atom is 0.260 e. The Morgan fingerprint density at radius 2 is 1.80 bits per heavy atom. The lowest BCUT2D eigenvalue weighted by atomic mass is 10.0. The van der Waals surface area contributed by atoms with Crippen LogP contribution < -0.4 is 14.5 Å². The van der Waals surface area contributed by atoms with Crippen LogP contribution >= 0.6 is 0 Å².